The molecule has 1 heteroatoms. The molecule has 0 aromatic carbocycles. The third kappa shape index (κ3) is 11.7. The molecule has 0 spiro atoms. The topological polar surface area (TPSA) is 9.23 Å². The van der Waals surface area contributed by atoms with E-state index in [1.807, 2.05) is 6.08 Å². The van der Waals surface area contributed by atoms with Crippen LogP contribution in [-0.2, 0) is 4.74 Å². The first-order valence-corrected chi connectivity index (χ1v) is 5.60. The zero-order valence-corrected chi connectivity index (χ0v) is 9.06. The molecule has 0 N–H and O–H groups in total. The molecule has 0 unspecified atom stereocenters. The molecule has 0 heterocycles. The Labute approximate surface area is 83.2 Å². The van der Waals surface area contributed by atoms with Gasteiger partial charge in [0.25, 0.3) is 0 Å². The zero-order chi connectivity index (χ0) is 9.78. The minimum Gasteiger partial charge on any atom is -0.381 e. The van der Waals surface area contributed by atoms with Crippen LogP contribution in [0.5, 0.6) is 0 Å². The van der Waals surface area contributed by atoms with Crippen LogP contribution in [0.4, 0.5) is 0 Å². The summed E-state index contributed by atoms with van der Waals surface area (Å²) in [5.41, 5.74) is 0. The van der Waals surface area contributed by atoms with Crippen molar-refractivity contribution in [1.82, 2.24) is 0 Å². The summed E-state index contributed by atoms with van der Waals surface area (Å²) in [6.45, 7) is 7.80. The molecule has 0 saturated heterocycles. The number of ether oxygens (including phenoxy) is 1. The minimum absolute atomic E-state index is 0.948. The Morgan fingerprint density at radius 2 is 1.69 bits per heavy atom. The Bertz CT molecular complexity index is 99.3. The lowest BCUT2D eigenvalue weighted by Crippen LogP contribution is -1.96. The maximum absolute atomic E-state index is 5.46. The molecule has 13 heavy (non-hydrogen) atoms. The second kappa shape index (κ2) is 11.7. The SMILES string of the molecule is C=CCCCCCCOCCCC. The monoisotopic (exact) mass is 184 g/mol. The van der Waals surface area contributed by atoms with E-state index in [2.05, 4.69) is 13.5 Å². The smallest absolute Gasteiger partial charge is 0.0466 e. The lowest BCUT2D eigenvalue weighted by molar-refractivity contribution is 0.127. The van der Waals surface area contributed by atoms with Crippen molar-refractivity contribution in [3.05, 3.63) is 12.7 Å². The van der Waals surface area contributed by atoms with Crippen LogP contribution in [0, 0.1) is 0 Å². The predicted octanol–water partition coefficient (Wildman–Crippen LogP) is 3.94. The Morgan fingerprint density at radius 3 is 2.38 bits per heavy atom. The first-order valence-electron chi connectivity index (χ1n) is 5.60. The van der Waals surface area contributed by atoms with Crippen LogP contribution < -0.4 is 0 Å². The number of hydrogen-bond donors (Lipinski definition) is 0. The van der Waals surface area contributed by atoms with Gasteiger partial charge in [0.15, 0.2) is 0 Å². The average Bonchev–Trinajstić information content (AvgIpc) is 2.16. The summed E-state index contributed by atoms with van der Waals surface area (Å²) in [4.78, 5) is 0. The number of allylic oxidation sites excluding steroid dienone is 1. The zero-order valence-electron chi connectivity index (χ0n) is 9.06. The first kappa shape index (κ1) is 12.7. The van der Waals surface area contributed by atoms with Gasteiger partial charge in [-0.25, -0.2) is 0 Å². The Balaban J connectivity index is 2.79. The van der Waals surface area contributed by atoms with Crippen molar-refractivity contribution in [2.75, 3.05) is 13.2 Å². The maximum atomic E-state index is 5.46. The fourth-order valence-electron chi connectivity index (χ4n) is 1.19. The molecule has 0 fully saturated rings. The lowest BCUT2D eigenvalue weighted by atomic mass is 10.1. The van der Waals surface area contributed by atoms with Crippen LogP contribution in [0.15, 0.2) is 12.7 Å². The van der Waals surface area contributed by atoms with Gasteiger partial charge in [-0.1, -0.05) is 32.3 Å². The van der Waals surface area contributed by atoms with Crippen molar-refractivity contribution in [3.63, 3.8) is 0 Å². The molecular formula is C12H24O. The molecule has 78 valence electrons. The van der Waals surface area contributed by atoms with Gasteiger partial charge in [0.2, 0.25) is 0 Å². The van der Waals surface area contributed by atoms with Gasteiger partial charge in [-0.05, 0) is 25.7 Å². The largest absolute Gasteiger partial charge is 0.381 e. The van der Waals surface area contributed by atoms with Crippen LogP contribution in [-0.4, -0.2) is 13.2 Å². The quantitative estimate of drug-likeness (QED) is 0.369. The van der Waals surface area contributed by atoms with Crippen molar-refractivity contribution in [1.29, 1.82) is 0 Å². The standard InChI is InChI=1S/C12H24O/c1-3-5-7-8-9-10-12-13-11-6-4-2/h3H,1,4-12H2,2H3. The van der Waals surface area contributed by atoms with Crippen LogP contribution in [0.25, 0.3) is 0 Å². The fourth-order valence-corrected chi connectivity index (χ4v) is 1.19. The maximum Gasteiger partial charge on any atom is 0.0466 e. The van der Waals surface area contributed by atoms with E-state index in [1.54, 1.807) is 0 Å². The predicted molar refractivity (Wildman–Crippen MR) is 59.0 cm³/mol. The second-order valence-corrected chi connectivity index (χ2v) is 3.46. The number of hydrogen-bond acceptors (Lipinski definition) is 1. The molecule has 0 amide bonds. The van der Waals surface area contributed by atoms with Gasteiger partial charge in [-0.15, -0.1) is 6.58 Å². The molecule has 0 aliphatic rings. The van der Waals surface area contributed by atoms with Gasteiger partial charge in [0.1, 0.15) is 0 Å². The minimum atomic E-state index is 0.948. The Hall–Kier alpha value is -0.300. The molecule has 0 saturated carbocycles. The molecule has 0 radical (unpaired) electrons. The van der Waals surface area contributed by atoms with E-state index in [0.717, 1.165) is 19.6 Å². The molecule has 0 bridgehead atoms. The van der Waals surface area contributed by atoms with Crippen LogP contribution in [0.3, 0.4) is 0 Å². The lowest BCUT2D eigenvalue weighted by Gasteiger charge is -2.02. The van der Waals surface area contributed by atoms with Crippen molar-refractivity contribution in [2.24, 2.45) is 0 Å². The van der Waals surface area contributed by atoms with Gasteiger partial charge in [0.05, 0.1) is 0 Å². The normalized spacial score (nSPS) is 10.2. The molecule has 0 rings (SSSR count). The highest BCUT2D eigenvalue weighted by Crippen LogP contribution is 2.03. The third-order valence-corrected chi connectivity index (χ3v) is 2.09. The van der Waals surface area contributed by atoms with Gasteiger partial charge >= 0.3 is 0 Å². The van der Waals surface area contributed by atoms with E-state index < -0.39 is 0 Å². The Morgan fingerprint density at radius 1 is 1.00 bits per heavy atom. The fraction of sp³-hybridized carbons (Fsp3) is 0.833. The van der Waals surface area contributed by atoms with Gasteiger partial charge in [0, 0.05) is 13.2 Å². The first-order chi connectivity index (χ1) is 6.41. The van der Waals surface area contributed by atoms with Crippen molar-refractivity contribution >= 4 is 0 Å². The van der Waals surface area contributed by atoms with Crippen molar-refractivity contribution in [2.45, 2.75) is 51.9 Å². The molecule has 1 nitrogen and oxygen atoms in total. The molecule has 0 aromatic rings. The van der Waals surface area contributed by atoms with E-state index >= 15 is 0 Å². The summed E-state index contributed by atoms with van der Waals surface area (Å²) >= 11 is 0. The van der Waals surface area contributed by atoms with Gasteiger partial charge in [-0.2, -0.15) is 0 Å². The van der Waals surface area contributed by atoms with E-state index in [-0.39, 0.29) is 0 Å². The molecule has 0 aliphatic carbocycles. The van der Waals surface area contributed by atoms with Crippen LogP contribution in [0.2, 0.25) is 0 Å². The summed E-state index contributed by atoms with van der Waals surface area (Å²) in [5, 5.41) is 0. The van der Waals surface area contributed by atoms with E-state index in [1.165, 1.54) is 38.5 Å². The van der Waals surface area contributed by atoms with E-state index in [9.17, 15) is 0 Å². The van der Waals surface area contributed by atoms with Crippen molar-refractivity contribution < 1.29 is 4.74 Å². The van der Waals surface area contributed by atoms with E-state index in [0.29, 0.717) is 0 Å². The highest BCUT2D eigenvalue weighted by molar-refractivity contribution is 4.65. The Kier molecular flexibility index (Phi) is 11.4. The summed E-state index contributed by atoms with van der Waals surface area (Å²) in [6.07, 6.45) is 10.7. The molecule has 0 aromatic heterocycles. The highest BCUT2D eigenvalue weighted by atomic mass is 16.5. The summed E-state index contributed by atoms with van der Waals surface area (Å²) < 4.78 is 5.46. The molecular weight excluding hydrogens is 160 g/mol. The summed E-state index contributed by atoms with van der Waals surface area (Å²) in [7, 11) is 0. The third-order valence-electron chi connectivity index (χ3n) is 2.09. The summed E-state index contributed by atoms with van der Waals surface area (Å²) in [5.74, 6) is 0. The average molecular weight is 184 g/mol. The van der Waals surface area contributed by atoms with Crippen molar-refractivity contribution in [3.8, 4) is 0 Å². The van der Waals surface area contributed by atoms with Crippen LogP contribution >= 0.6 is 0 Å². The molecule has 0 atom stereocenters. The highest BCUT2D eigenvalue weighted by Gasteiger charge is 1.89. The second-order valence-electron chi connectivity index (χ2n) is 3.46. The summed E-state index contributed by atoms with van der Waals surface area (Å²) in [6, 6.07) is 0. The number of rotatable bonds is 10. The van der Waals surface area contributed by atoms with Gasteiger partial charge < -0.3 is 4.74 Å². The number of unbranched alkanes of at least 4 members (excludes halogenated alkanes) is 5. The van der Waals surface area contributed by atoms with Crippen LogP contribution in [0.1, 0.15) is 51.9 Å². The van der Waals surface area contributed by atoms with Gasteiger partial charge in [-0.3, -0.25) is 0 Å². The molecule has 0 aliphatic heterocycles. The van der Waals surface area contributed by atoms with E-state index in [4.69, 9.17) is 4.74 Å².